The number of aromatic nitrogens is 1. The summed E-state index contributed by atoms with van der Waals surface area (Å²) in [7, 11) is 3.61. The number of likely N-dealkylation sites (N-methyl/N-ethyl adjacent to an activating group) is 2. The van der Waals surface area contributed by atoms with Gasteiger partial charge in [-0.2, -0.15) is 0 Å². The van der Waals surface area contributed by atoms with Crippen molar-refractivity contribution >= 4 is 32.6 Å². The zero-order chi connectivity index (χ0) is 18.5. The molecule has 0 N–H and O–H groups in total. The molecule has 2 aromatic carbocycles. The van der Waals surface area contributed by atoms with Gasteiger partial charge in [0.05, 0.1) is 23.9 Å². The number of amides is 1. The smallest absolute Gasteiger partial charge is 0.242 e. The van der Waals surface area contributed by atoms with E-state index < -0.39 is 0 Å². The van der Waals surface area contributed by atoms with Crippen LogP contribution in [0.4, 0.5) is 5.13 Å². The molecule has 1 aromatic heterocycles. The van der Waals surface area contributed by atoms with Crippen LogP contribution in [0.2, 0.25) is 0 Å². The number of carbonyl (C=O) groups excluding carboxylic acids is 1. The van der Waals surface area contributed by atoms with Crippen molar-refractivity contribution in [2.45, 2.75) is 13.5 Å². The SMILES string of the molecule is CCN(C(=O)CN(C)Cc1ccc(OC)cc1)c1nc2ccccc2s1. The third-order valence-electron chi connectivity index (χ3n) is 4.15. The quantitative estimate of drug-likeness (QED) is 0.636. The van der Waals surface area contributed by atoms with Gasteiger partial charge in [-0.3, -0.25) is 14.6 Å². The number of thiazole rings is 1. The summed E-state index contributed by atoms with van der Waals surface area (Å²) in [6.45, 7) is 3.63. The third-order valence-corrected chi connectivity index (χ3v) is 5.21. The Morgan fingerprint density at radius 3 is 2.54 bits per heavy atom. The number of methoxy groups -OCH3 is 1. The van der Waals surface area contributed by atoms with Crippen molar-refractivity contribution in [1.29, 1.82) is 0 Å². The van der Waals surface area contributed by atoms with E-state index in [0.717, 1.165) is 26.7 Å². The Kier molecular flexibility index (Phi) is 5.85. The van der Waals surface area contributed by atoms with Gasteiger partial charge in [-0.15, -0.1) is 0 Å². The molecule has 1 heterocycles. The monoisotopic (exact) mass is 369 g/mol. The standard InChI is InChI=1S/C20H23N3O2S/c1-4-23(20-21-17-7-5-6-8-18(17)26-20)19(24)14-22(2)13-15-9-11-16(25-3)12-10-15/h5-12H,4,13-14H2,1-3H3. The molecule has 0 aliphatic carbocycles. The van der Waals surface area contributed by atoms with Crippen molar-refractivity contribution in [2.24, 2.45) is 0 Å². The predicted octanol–water partition coefficient (Wildman–Crippen LogP) is 3.79. The van der Waals surface area contributed by atoms with Crippen LogP contribution in [-0.4, -0.2) is 43.0 Å². The molecule has 0 radical (unpaired) electrons. The predicted molar refractivity (Wildman–Crippen MR) is 107 cm³/mol. The van der Waals surface area contributed by atoms with Crippen LogP contribution in [0.3, 0.4) is 0 Å². The van der Waals surface area contributed by atoms with Crippen LogP contribution in [0.15, 0.2) is 48.5 Å². The van der Waals surface area contributed by atoms with E-state index in [4.69, 9.17) is 4.74 Å². The molecular weight excluding hydrogens is 346 g/mol. The molecule has 136 valence electrons. The summed E-state index contributed by atoms with van der Waals surface area (Å²) in [6.07, 6.45) is 0. The second-order valence-electron chi connectivity index (χ2n) is 6.12. The zero-order valence-corrected chi connectivity index (χ0v) is 16.1. The number of para-hydroxylation sites is 1. The lowest BCUT2D eigenvalue weighted by molar-refractivity contribution is -0.119. The van der Waals surface area contributed by atoms with Crippen molar-refractivity contribution < 1.29 is 9.53 Å². The first kappa shape index (κ1) is 18.4. The van der Waals surface area contributed by atoms with E-state index in [1.165, 1.54) is 0 Å². The van der Waals surface area contributed by atoms with Crippen molar-refractivity contribution in [2.75, 3.05) is 32.1 Å². The molecule has 0 spiro atoms. The molecule has 0 aliphatic rings. The number of nitrogens with zero attached hydrogens (tertiary/aromatic N) is 3. The lowest BCUT2D eigenvalue weighted by atomic mass is 10.2. The van der Waals surface area contributed by atoms with Gasteiger partial charge in [-0.1, -0.05) is 35.6 Å². The highest BCUT2D eigenvalue weighted by Crippen LogP contribution is 2.28. The average molecular weight is 369 g/mol. The maximum absolute atomic E-state index is 12.8. The Bertz CT molecular complexity index is 843. The van der Waals surface area contributed by atoms with Crippen molar-refractivity contribution in [3.8, 4) is 5.75 Å². The molecule has 0 bridgehead atoms. The fraction of sp³-hybridized carbons (Fsp3) is 0.300. The number of ether oxygens (including phenoxy) is 1. The van der Waals surface area contributed by atoms with Crippen LogP contribution in [-0.2, 0) is 11.3 Å². The van der Waals surface area contributed by atoms with Gasteiger partial charge in [-0.05, 0) is 43.8 Å². The third kappa shape index (κ3) is 4.20. The molecule has 0 saturated heterocycles. The van der Waals surface area contributed by atoms with Gasteiger partial charge >= 0.3 is 0 Å². The highest BCUT2D eigenvalue weighted by molar-refractivity contribution is 7.22. The molecular formula is C20H23N3O2S. The molecule has 0 atom stereocenters. The fourth-order valence-electron chi connectivity index (χ4n) is 2.81. The van der Waals surface area contributed by atoms with E-state index in [2.05, 4.69) is 4.98 Å². The highest BCUT2D eigenvalue weighted by Gasteiger charge is 2.19. The summed E-state index contributed by atoms with van der Waals surface area (Å²) in [4.78, 5) is 21.2. The number of carbonyl (C=O) groups is 1. The summed E-state index contributed by atoms with van der Waals surface area (Å²) in [6, 6.07) is 15.9. The molecule has 0 aliphatic heterocycles. The van der Waals surface area contributed by atoms with Crippen LogP contribution >= 0.6 is 11.3 Å². The Hall–Kier alpha value is -2.44. The Balaban J connectivity index is 1.66. The first-order chi connectivity index (χ1) is 12.6. The highest BCUT2D eigenvalue weighted by atomic mass is 32.1. The molecule has 3 aromatic rings. The zero-order valence-electron chi connectivity index (χ0n) is 15.3. The van der Waals surface area contributed by atoms with Crippen molar-refractivity contribution in [3.05, 3.63) is 54.1 Å². The van der Waals surface area contributed by atoms with Gasteiger partial charge in [0.15, 0.2) is 5.13 Å². The van der Waals surface area contributed by atoms with Crippen LogP contribution in [0.25, 0.3) is 10.2 Å². The molecule has 26 heavy (non-hydrogen) atoms. The summed E-state index contributed by atoms with van der Waals surface area (Å²) in [5, 5.41) is 0.761. The Morgan fingerprint density at radius 1 is 1.15 bits per heavy atom. The van der Waals surface area contributed by atoms with E-state index in [9.17, 15) is 4.79 Å². The maximum Gasteiger partial charge on any atom is 0.242 e. The molecule has 6 heteroatoms. The molecule has 0 unspecified atom stereocenters. The minimum atomic E-state index is 0.0579. The minimum absolute atomic E-state index is 0.0579. The number of rotatable bonds is 7. The second kappa shape index (κ2) is 8.29. The van der Waals surface area contributed by atoms with Gasteiger partial charge < -0.3 is 4.74 Å². The fourth-order valence-corrected chi connectivity index (χ4v) is 3.86. The van der Waals surface area contributed by atoms with E-state index in [-0.39, 0.29) is 5.91 Å². The number of fused-ring (bicyclic) bond motifs is 1. The molecule has 5 nitrogen and oxygen atoms in total. The Morgan fingerprint density at radius 2 is 1.88 bits per heavy atom. The van der Waals surface area contributed by atoms with Crippen LogP contribution < -0.4 is 9.64 Å². The van der Waals surface area contributed by atoms with Gasteiger partial charge in [0.25, 0.3) is 0 Å². The second-order valence-corrected chi connectivity index (χ2v) is 7.13. The lowest BCUT2D eigenvalue weighted by Crippen LogP contribution is -2.38. The molecule has 0 fully saturated rings. The van der Waals surface area contributed by atoms with E-state index in [0.29, 0.717) is 19.6 Å². The van der Waals surface area contributed by atoms with E-state index in [1.54, 1.807) is 23.3 Å². The summed E-state index contributed by atoms with van der Waals surface area (Å²) >= 11 is 1.56. The van der Waals surface area contributed by atoms with Gasteiger partial charge in [0.1, 0.15) is 5.75 Å². The number of hydrogen-bond acceptors (Lipinski definition) is 5. The number of hydrogen-bond donors (Lipinski definition) is 0. The molecule has 0 saturated carbocycles. The van der Waals surface area contributed by atoms with Gasteiger partial charge in [-0.25, -0.2) is 4.98 Å². The summed E-state index contributed by atoms with van der Waals surface area (Å²) in [5.74, 6) is 0.892. The van der Waals surface area contributed by atoms with Crippen molar-refractivity contribution in [3.63, 3.8) is 0 Å². The minimum Gasteiger partial charge on any atom is -0.497 e. The topological polar surface area (TPSA) is 45.7 Å². The summed E-state index contributed by atoms with van der Waals surface area (Å²) in [5.41, 5.74) is 2.08. The van der Waals surface area contributed by atoms with Crippen LogP contribution in [0.5, 0.6) is 5.75 Å². The van der Waals surface area contributed by atoms with Crippen LogP contribution in [0, 0.1) is 0 Å². The van der Waals surface area contributed by atoms with E-state index >= 15 is 0 Å². The Labute approximate surface area is 157 Å². The van der Waals surface area contributed by atoms with Gasteiger partial charge in [0, 0.05) is 13.1 Å². The number of benzene rings is 2. The normalized spacial score (nSPS) is 11.1. The van der Waals surface area contributed by atoms with Gasteiger partial charge in [0.2, 0.25) is 5.91 Å². The number of anilines is 1. The summed E-state index contributed by atoms with van der Waals surface area (Å²) < 4.78 is 6.28. The average Bonchev–Trinajstić information content (AvgIpc) is 3.06. The maximum atomic E-state index is 12.8. The van der Waals surface area contributed by atoms with Crippen molar-refractivity contribution in [1.82, 2.24) is 9.88 Å². The molecule has 1 amide bonds. The molecule has 3 rings (SSSR count). The van der Waals surface area contributed by atoms with Crippen LogP contribution in [0.1, 0.15) is 12.5 Å². The van der Waals surface area contributed by atoms with E-state index in [1.807, 2.05) is 67.4 Å². The largest absolute Gasteiger partial charge is 0.497 e. The lowest BCUT2D eigenvalue weighted by Gasteiger charge is -2.22. The first-order valence-corrected chi connectivity index (χ1v) is 9.39. The first-order valence-electron chi connectivity index (χ1n) is 8.58.